The average Bonchev–Trinajstić information content (AvgIpc) is 3.00. The number of thiazole rings is 1. The van der Waals surface area contributed by atoms with Gasteiger partial charge in [-0.2, -0.15) is 4.99 Å². The summed E-state index contributed by atoms with van der Waals surface area (Å²) in [6.45, 7) is -0.101. The number of nitrogens with zero attached hydrogens (tertiary/aromatic N) is 3. The van der Waals surface area contributed by atoms with Gasteiger partial charge in [-0.15, -0.1) is 11.3 Å². The Kier molecular flexibility index (Phi) is 7.51. The fourth-order valence-corrected chi connectivity index (χ4v) is 4.91. The topological polar surface area (TPSA) is 170 Å². The molecule has 0 aliphatic rings. The summed E-state index contributed by atoms with van der Waals surface area (Å²) in [7, 11) is -7.25. The summed E-state index contributed by atoms with van der Waals surface area (Å²) >= 11 is 4.34. The van der Waals surface area contributed by atoms with Crippen LogP contribution in [0.15, 0.2) is 49.0 Å². The maximum Gasteiger partial charge on any atom is 0.262 e. The maximum absolute atomic E-state index is 12.1. The second kappa shape index (κ2) is 9.45. The molecule has 1 aromatic heterocycles. The van der Waals surface area contributed by atoms with E-state index in [4.69, 9.17) is 11.5 Å². The highest BCUT2D eigenvalue weighted by molar-refractivity contribution is 9.10. The molecular weight excluding hydrogens is 492 g/mol. The summed E-state index contributed by atoms with van der Waals surface area (Å²) in [6.07, 6.45) is 0.965. The van der Waals surface area contributed by atoms with E-state index in [1.54, 1.807) is 17.5 Å². The first-order valence-electron chi connectivity index (χ1n) is 7.58. The Bertz CT molecular complexity index is 1070. The second-order valence-electron chi connectivity index (χ2n) is 5.36. The van der Waals surface area contributed by atoms with Crippen LogP contribution in [0, 0.1) is 0 Å². The van der Waals surface area contributed by atoms with Crippen LogP contribution in [0.25, 0.3) is 0 Å². The standard InChI is InChI=1S/C14H17BrN6O4S3/c15-10-1-3-12(4-2-10)28(24,25)19-9-18-5-6-27(22,23)8-11-7-26-14(20-11)21-13(16)17/h1-4,7,9H,5-6,8H2,(H,18,19)(H4,16,17,20,21). The highest BCUT2D eigenvalue weighted by Gasteiger charge is 2.15. The summed E-state index contributed by atoms with van der Waals surface area (Å²) in [5.41, 5.74) is 10.8. The van der Waals surface area contributed by atoms with E-state index in [-0.39, 0.29) is 34.0 Å². The molecule has 1 aromatic carbocycles. The van der Waals surface area contributed by atoms with Crippen molar-refractivity contribution >= 4 is 64.6 Å². The molecule has 0 unspecified atom stereocenters. The van der Waals surface area contributed by atoms with Gasteiger partial charge in [0.05, 0.1) is 35.0 Å². The smallest absolute Gasteiger partial charge is 0.262 e. The van der Waals surface area contributed by atoms with Crippen LogP contribution in [0.1, 0.15) is 5.69 Å². The van der Waals surface area contributed by atoms with Crippen LogP contribution in [0.5, 0.6) is 0 Å². The molecule has 0 aliphatic heterocycles. The van der Waals surface area contributed by atoms with E-state index in [1.165, 1.54) is 12.1 Å². The number of sulfone groups is 1. The highest BCUT2D eigenvalue weighted by Crippen LogP contribution is 2.20. The molecule has 14 heteroatoms. The molecule has 10 nitrogen and oxygen atoms in total. The summed E-state index contributed by atoms with van der Waals surface area (Å²) in [5, 5.41) is 1.82. The first kappa shape index (κ1) is 22.3. The quantitative estimate of drug-likeness (QED) is 0.330. The first-order chi connectivity index (χ1) is 13.1. The minimum atomic E-state index is -3.76. The number of aromatic nitrogens is 1. The Labute approximate surface area is 174 Å². The molecule has 2 rings (SSSR count). The Morgan fingerprint density at radius 2 is 1.89 bits per heavy atom. The molecule has 0 spiro atoms. The van der Waals surface area contributed by atoms with E-state index in [0.29, 0.717) is 5.69 Å². The van der Waals surface area contributed by atoms with Crippen molar-refractivity contribution in [3.63, 3.8) is 0 Å². The Morgan fingerprint density at radius 3 is 2.54 bits per heavy atom. The number of aliphatic imine (C=N–C) groups is 2. The number of sulfonamides is 1. The van der Waals surface area contributed by atoms with Gasteiger partial charge in [-0.3, -0.25) is 9.71 Å². The summed E-state index contributed by atoms with van der Waals surface area (Å²) in [4.78, 5) is 11.6. The normalized spacial score (nSPS) is 12.2. The lowest BCUT2D eigenvalue weighted by Gasteiger charge is -2.03. The molecule has 152 valence electrons. The van der Waals surface area contributed by atoms with Gasteiger partial charge >= 0.3 is 0 Å². The van der Waals surface area contributed by atoms with Crippen LogP contribution in [-0.2, 0) is 25.6 Å². The van der Waals surface area contributed by atoms with E-state index in [9.17, 15) is 16.8 Å². The predicted molar refractivity (Wildman–Crippen MR) is 113 cm³/mol. The predicted octanol–water partition coefficient (Wildman–Crippen LogP) is 0.732. The zero-order valence-corrected chi connectivity index (χ0v) is 18.4. The lowest BCUT2D eigenvalue weighted by Crippen LogP contribution is -2.22. The minimum absolute atomic E-state index is 0.0647. The van der Waals surface area contributed by atoms with Crippen molar-refractivity contribution in [2.24, 2.45) is 21.5 Å². The number of rotatable bonds is 9. The lowest BCUT2D eigenvalue weighted by atomic mass is 10.4. The molecule has 28 heavy (non-hydrogen) atoms. The number of nitrogens with two attached hydrogens (primary N) is 2. The van der Waals surface area contributed by atoms with Gasteiger partial charge in [0.25, 0.3) is 10.0 Å². The van der Waals surface area contributed by atoms with Crippen molar-refractivity contribution < 1.29 is 16.8 Å². The van der Waals surface area contributed by atoms with Crippen LogP contribution >= 0.6 is 27.3 Å². The molecular formula is C14H17BrN6O4S3. The zero-order valence-electron chi connectivity index (χ0n) is 14.3. The number of nitrogens with one attached hydrogen (secondary N) is 1. The molecule has 0 amide bonds. The molecule has 0 radical (unpaired) electrons. The largest absolute Gasteiger partial charge is 0.370 e. The van der Waals surface area contributed by atoms with Crippen LogP contribution in [0.2, 0.25) is 0 Å². The number of guanidine groups is 1. The van der Waals surface area contributed by atoms with Gasteiger partial charge in [0.2, 0.25) is 5.13 Å². The molecule has 5 N–H and O–H groups in total. The molecule has 0 atom stereocenters. The molecule has 0 fully saturated rings. The van der Waals surface area contributed by atoms with E-state index < -0.39 is 19.9 Å². The molecule has 1 heterocycles. The number of hydrogen-bond acceptors (Lipinski definition) is 8. The van der Waals surface area contributed by atoms with Crippen molar-refractivity contribution in [3.8, 4) is 0 Å². The van der Waals surface area contributed by atoms with Gasteiger partial charge in [-0.1, -0.05) is 15.9 Å². The first-order valence-corrected chi connectivity index (χ1v) is 12.6. The highest BCUT2D eigenvalue weighted by atomic mass is 79.9. The molecule has 0 aliphatic carbocycles. The number of hydrogen-bond donors (Lipinski definition) is 3. The van der Waals surface area contributed by atoms with Crippen molar-refractivity contribution in [2.45, 2.75) is 10.6 Å². The third-order valence-electron chi connectivity index (χ3n) is 3.09. The Morgan fingerprint density at radius 1 is 1.21 bits per heavy atom. The van der Waals surface area contributed by atoms with Gasteiger partial charge in [0, 0.05) is 9.85 Å². The summed E-state index contributed by atoms with van der Waals surface area (Å²) in [5.74, 6) is -0.717. The third kappa shape index (κ3) is 7.18. The van der Waals surface area contributed by atoms with Crippen molar-refractivity contribution in [1.82, 2.24) is 9.71 Å². The number of halogens is 1. The molecule has 0 saturated carbocycles. The van der Waals surface area contributed by atoms with E-state index in [0.717, 1.165) is 22.1 Å². The fraction of sp³-hybridized carbons (Fsp3) is 0.214. The molecule has 0 bridgehead atoms. The molecule has 2 aromatic rings. The zero-order chi connectivity index (χ0) is 20.8. The monoisotopic (exact) mass is 508 g/mol. The van der Waals surface area contributed by atoms with Crippen LogP contribution in [0.4, 0.5) is 5.13 Å². The SMILES string of the molecule is NC(N)=Nc1nc(CS(=O)(=O)CCN=CNS(=O)(=O)c2ccc(Br)cc2)cs1. The van der Waals surface area contributed by atoms with Gasteiger partial charge in [-0.25, -0.2) is 21.8 Å². The minimum Gasteiger partial charge on any atom is -0.370 e. The fourth-order valence-electron chi connectivity index (χ4n) is 1.87. The van der Waals surface area contributed by atoms with Crippen molar-refractivity contribution in [2.75, 3.05) is 12.3 Å². The van der Waals surface area contributed by atoms with Crippen LogP contribution < -0.4 is 16.2 Å². The van der Waals surface area contributed by atoms with E-state index >= 15 is 0 Å². The maximum atomic E-state index is 12.1. The van der Waals surface area contributed by atoms with Gasteiger partial charge in [0.1, 0.15) is 0 Å². The van der Waals surface area contributed by atoms with Crippen LogP contribution in [0.3, 0.4) is 0 Å². The average molecular weight is 509 g/mol. The number of benzene rings is 1. The lowest BCUT2D eigenvalue weighted by molar-refractivity contribution is 0.592. The van der Waals surface area contributed by atoms with Crippen LogP contribution in [-0.4, -0.2) is 46.4 Å². The third-order valence-corrected chi connectivity index (χ3v) is 7.25. The molecule has 0 saturated heterocycles. The second-order valence-corrected chi connectivity index (χ2v) is 11.0. The van der Waals surface area contributed by atoms with Crippen molar-refractivity contribution in [3.05, 3.63) is 39.8 Å². The summed E-state index contributed by atoms with van der Waals surface area (Å²) in [6, 6.07) is 6.04. The van der Waals surface area contributed by atoms with E-state index in [2.05, 4.69) is 35.6 Å². The Balaban J connectivity index is 1.86. The van der Waals surface area contributed by atoms with Gasteiger partial charge in [0.15, 0.2) is 15.8 Å². The Hall–Kier alpha value is -2.03. The van der Waals surface area contributed by atoms with Gasteiger partial charge in [-0.05, 0) is 24.3 Å². The summed E-state index contributed by atoms with van der Waals surface area (Å²) < 4.78 is 51.2. The van der Waals surface area contributed by atoms with Gasteiger partial charge < -0.3 is 11.5 Å². The van der Waals surface area contributed by atoms with Crippen molar-refractivity contribution in [1.29, 1.82) is 0 Å². The van der Waals surface area contributed by atoms with E-state index in [1.807, 2.05) is 0 Å².